The molecule has 1 aliphatic heterocycles. The summed E-state index contributed by atoms with van der Waals surface area (Å²) in [6, 6.07) is 14.3. The van der Waals surface area contributed by atoms with Gasteiger partial charge < -0.3 is 19.9 Å². The third-order valence-corrected chi connectivity index (χ3v) is 5.22. The number of urea groups is 1. The monoisotopic (exact) mass is 381 g/mol. The molecule has 1 saturated heterocycles. The van der Waals surface area contributed by atoms with Crippen LogP contribution in [0.1, 0.15) is 31.9 Å². The summed E-state index contributed by atoms with van der Waals surface area (Å²) in [5.74, 6) is 0.677. The molecule has 1 fully saturated rings. The summed E-state index contributed by atoms with van der Waals surface area (Å²) in [6.45, 7) is 11.8. The van der Waals surface area contributed by atoms with E-state index < -0.39 is 0 Å². The Labute approximate surface area is 168 Å². The van der Waals surface area contributed by atoms with E-state index in [1.807, 2.05) is 30.0 Å². The highest BCUT2D eigenvalue weighted by atomic mass is 16.5. The highest BCUT2D eigenvalue weighted by molar-refractivity contribution is 5.91. The highest BCUT2D eigenvalue weighted by Gasteiger charge is 2.26. The van der Waals surface area contributed by atoms with Gasteiger partial charge >= 0.3 is 6.03 Å². The minimum absolute atomic E-state index is 0.0762. The molecule has 1 N–H and O–H groups in total. The van der Waals surface area contributed by atoms with Gasteiger partial charge in [-0.15, -0.1) is 0 Å². The zero-order valence-electron chi connectivity index (χ0n) is 17.6. The van der Waals surface area contributed by atoms with Gasteiger partial charge in [0.15, 0.2) is 0 Å². The number of ether oxygens (including phenoxy) is 1. The molecule has 0 spiro atoms. The lowest BCUT2D eigenvalue weighted by Gasteiger charge is -2.38. The van der Waals surface area contributed by atoms with Crippen LogP contribution in [-0.2, 0) is 5.41 Å². The third kappa shape index (κ3) is 4.41. The molecule has 28 heavy (non-hydrogen) atoms. The predicted octanol–water partition coefficient (Wildman–Crippen LogP) is 4.66. The number of nitrogens with one attached hydrogen (secondary N) is 1. The Morgan fingerprint density at radius 3 is 2.36 bits per heavy atom. The SMILES string of the molecule is COc1ccc(C)cc1NC(=O)N1CCN(c2ccccc2C(C)(C)C)CC1. The van der Waals surface area contributed by atoms with Crippen molar-refractivity contribution >= 4 is 17.4 Å². The first-order chi connectivity index (χ1) is 13.3. The van der Waals surface area contributed by atoms with Crippen molar-refractivity contribution in [2.45, 2.75) is 33.1 Å². The average Bonchev–Trinajstić information content (AvgIpc) is 2.67. The summed E-state index contributed by atoms with van der Waals surface area (Å²) < 4.78 is 5.37. The highest BCUT2D eigenvalue weighted by Crippen LogP contribution is 2.32. The first-order valence-corrected chi connectivity index (χ1v) is 9.84. The number of hydrogen-bond acceptors (Lipinski definition) is 3. The van der Waals surface area contributed by atoms with E-state index in [0.29, 0.717) is 24.5 Å². The lowest BCUT2D eigenvalue weighted by Crippen LogP contribution is -2.50. The standard InChI is InChI=1S/C23H31N3O2/c1-17-10-11-21(28-5)19(16-17)24-22(27)26-14-12-25(13-15-26)20-9-7-6-8-18(20)23(2,3)4/h6-11,16H,12-15H2,1-5H3,(H,24,27). The molecule has 2 aromatic carbocycles. The molecule has 0 aromatic heterocycles. The van der Waals surface area contributed by atoms with E-state index in [-0.39, 0.29) is 11.4 Å². The van der Waals surface area contributed by atoms with Crippen LogP contribution in [0, 0.1) is 6.92 Å². The van der Waals surface area contributed by atoms with Gasteiger partial charge in [0.05, 0.1) is 12.8 Å². The predicted molar refractivity (Wildman–Crippen MR) is 116 cm³/mol. The summed E-state index contributed by atoms with van der Waals surface area (Å²) in [5, 5.41) is 3.01. The van der Waals surface area contributed by atoms with Crippen LogP contribution >= 0.6 is 0 Å². The fourth-order valence-corrected chi connectivity index (χ4v) is 3.65. The molecule has 2 amide bonds. The summed E-state index contributed by atoms with van der Waals surface area (Å²) in [4.78, 5) is 17.0. The molecular weight excluding hydrogens is 350 g/mol. The molecule has 0 radical (unpaired) electrons. The molecule has 0 atom stereocenters. The molecular formula is C23H31N3O2. The van der Waals surface area contributed by atoms with Crippen molar-refractivity contribution in [3.05, 3.63) is 53.6 Å². The summed E-state index contributed by atoms with van der Waals surface area (Å²) >= 11 is 0. The molecule has 0 saturated carbocycles. The quantitative estimate of drug-likeness (QED) is 0.841. The van der Waals surface area contributed by atoms with Crippen LogP contribution in [-0.4, -0.2) is 44.2 Å². The molecule has 2 aromatic rings. The van der Waals surface area contributed by atoms with Crippen LogP contribution in [0.3, 0.4) is 0 Å². The number of nitrogens with zero attached hydrogens (tertiary/aromatic N) is 2. The lowest BCUT2D eigenvalue weighted by atomic mass is 9.85. The lowest BCUT2D eigenvalue weighted by molar-refractivity contribution is 0.208. The number of hydrogen-bond donors (Lipinski definition) is 1. The summed E-state index contributed by atoms with van der Waals surface area (Å²) in [5.41, 5.74) is 4.51. The minimum Gasteiger partial charge on any atom is -0.495 e. The average molecular weight is 382 g/mol. The van der Waals surface area contributed by atoms with E-state index >= 15 is 0 Å². The number of para-hydroxylation sites is 1. The zero-order chi connectivity index (χ0) is 20.3. The van der Waals surface area contributed by atoms with Crippen LogP contribution in [0.4, 0.5) is 16.2 Å². The Hall–Kier alpha value is -2.69. The summed E-state index contributed by atoms with van der Waals surface area (Å²) in [6.07, 6.45) is 0. The Balaban J connectivity index is 1.66. The first kappa shape index (κ1) is 20.1. The van der Waals surface area contributed by atoms with E-state index in [0.717, 1.165) is 18.7 Å². The number of methoxy groups -OCH3 is 1. The smallest absolute Gasteiger partial charge is 0.322 e. The van der Waals surface area contributed by atoms with E-state index in [1.165, 1.54) is 11.3 Å². The Morgan fingerprint density at radius 2 is 1.71 bits per heavy atom. The van der Waals surface area contributed by atoms with Gasteiger partial charge in [-0.2, -0.15) is 0 Å². The number of carbonyl (C=O) groups excluding carboxylic acids is 1. The molecule has 1 aliphatic rings. The van der Waals surface area contributed by atoms with E-state index in [4.69, 9.17) is 4.74 Å². The number of anilines is 2. The van der Waals surface area contributed by atoms with E-state index in [2.05, 4.69) is 55.3 Å². The molecule has 3 rings (SSSR count). The summed E-state index contributed by atoms with van der Waals surface area (Å²) in [7, 11) is 1.62. The number of piperazine rings is 1. The van der Waals surface area contributed by atoms with Crippen LogP contribution in [0.2, 0.25) is 0 Å². The molecule has 150 valence electrons. The number of carbonyl (C=O) groups is 1. The van der Waals surface area contributed by atoms with Gasteiger partial charge in [-0.25, -0.2) is 4.79 Å². The van der Waals surface area contributed by atoms with Crippen molar-refractivity contribution in [1.29, 1.82) is 0 Å². The van der Waals surface area contributed by atoms with Crippen molar-refractivity contribution in [2.24, 2.45) is 0 Å². The Kier molecular flexibility index (Phi) is 5.82. The van der Waals surface area contributed by atoms with Crippen molar-refractivity contribution in [1.82, 2.24) is 4.90 Å². The Bertz CT molecular complexity index is 834. The number of aryl methyl sites for hydroxylation is 1. The van der Waals surface area contributed by atoms with Crippen molar-refractivity contribution in [2.75, 3.05) is 43.5 Å². The number of rotatable bonds is 3. The molecule has 0 aliphatic carbocycles. The van der Waals surface area contributed by atoms with Gasteiger partial charge in [0.2, 0.25) is 0 Å². The fraction of sp³-hybridized carbons (Fsp3) is 0.435. The van der Waals surface area contributed by atoms with Gasteiger partial charge in [0.25, 0.3) is 0 Å². The van der Waals surface area contributed by atoms with Crippen LogP contribution in [0.5, 0.6) is 5.75 Å². The second-order valence-corrected chi connectivity index (χ2v) is 8.38. The second kappa shape index (κ2) is 8.13. The molecule has 0 bridgehead atoms. The van der Waals surface area contributed by atoms with Gasteiger partial charge in [0.1, 0.15) is 5.75 Å². The topological polar surface area (TPSA) is 44.8 Å². The number of amides is 2. The van der Waals surface area contributed by atoms with Crippen LogP contribution < -0.4 is 15.0 Å². The first-order valence-electron chi connectivity index (χ1n) is 9.84. The molecule has 0 unspecified atom stereocenters. The van der Waals surface area contributed by atoms with Crippen molar-refractivity contribution < 1.29 is 9.53 Å². The van der Waals surface area contributed by atoms with Gasteiger partial charge in [-0.05, 0) is 41.7 Å². The largest absolute Gasteiger partial charge is 0.495 e. The fourth-order valence-electron chi connectivity index (χ4n) is 3.65. The minimum atomic E-state index is -0.0762. The van der Waals surface area contributed by atoms with E-state index in [9.17, 15) is 4.79 Å². The van der Waals surface area contributed by atoms with Gasteiger partial charge in [-0.1, -0.05) is 45.0 Å². The van der Waals surface area contributed by atoms with Crippen LogP contribution in [0.25, 0.3) is 0 Å². The number of benzene rings is 2. The third-order valence-electron chi connectivity index (χ3n) is 5.22. The van der Waals surface area contributed by atoms with Gasteiger partial charge in [0, 0.05) is 31.9 Å². The van der Waals surface area contributed by atoms with Gasteiger partial charge in [-0.3, -0.25) is 0 Å². The molecule has 5 heteroatoms. The second-order valence-electron chi connectivity index (χ2n) is 8.38. The van der Waals surface area contributed by atoms with Crippen LogP contribution in [0.15, 0.2) is 42.5 Å². The van der Waals surface area contributed by atoms with Crippen molar-refractivity contribution in [3.8, 4) is 5.75 Å². The maximum atomic E-state index is 12.8. The van der Waals surface area contributed by atoms with E-state index in [1.54, 1.807) is 7.11 Å². The maximum Gasteiger partial charge on any atom is 0.322 e. The normalized spacial score (nSPS) is 14.8. The zero-order valence-corrected chi connectivity index (χ0v) is 17.6. The molecule has 1 heterocycles. The van der Waals surface area contributed by atoms with Crippen molar-refractivity contribution in [3.63, 3.8) is 0 Å². The maximum absolute atomic E-state index is 12.8. The Morgan fingerprint density at radius 1 is 1.04 bits per heavy atom. The molecule has 5 nitrogen and oxygen atoms in total.